The quantitative estimate of drug-likeness (QED) is 0.165. The summed E-state index contributed by atoms with van der Waals surface area (Å²) < 4.78 is 9.79. The second kappa shape index (κ2) is 13.4. The third-order valence-corrected chi connectivity index (χ3v) is 14.2. The Hall–Kier alpha value is -6.78. The summed E-state index contributed by atoms with van der Waals surface area (Å²) >= 11 is 0. The first-order valence-electron chi connectivity index (χ1n) is 23.0. The number of benzene rings is 8. The fraction of sp³-hybridized carbons (Fsp3) is 0.200. The lowest BCUT2D eigenvalue weighted by Crippen LogP contribution is -2.57. The summed E-state index contributed by atoms with van der Waals surface area (Å²) in [7, 11) is 0. The summed E-state index contributed by atoms with van der Waals surface area (Å²) in [5.74, 6) is 1.80. The summed E-state index contributed by atoms with van der Waals surface area (Å²) in [6, 6.07) is 59.5. The minimum absolute atomic E-state index is 0.0194. The van der Waals surface area contributed by atoms with Crippen molar-refractivity contribution in [2.75, 3.05) is 4.90 Å². The zero-order valence-corrected chi connectivity index (χ0v) is 38.4. The molecule has 0 fully saturated rings. The zero-order chi connectivity index (χ0) is 44.0. The minimum atomic E-state index is -0.174. The number of anilines is 3. The molecule has 0 radical (unpaired) electrons. The van der Waals surface area contributed by atoms with Gasteiger partial charge in [-0.15, -0.1) is 0 Å². The highest BCUT2D eigenvalue weighted by atomic mass is 16.5. The average molecular weight is 829 g/mol. The molecule has 3 aliphatic heterocycles. The first-order chi connectivity index (χ1) is 30.7. The Labute approximate surface area is 378 Å². The smallest absolute Gasteiger partial charge is 0.333 e. The molecule has 0 atom stereocenters. The molecule has 3 nitrogen and oxygen atoms in total. The van der Waals surface area contributed by atoms with E-state index in [1.807, 2.05) is 0 Å². The number of rotatable bonds is 3. The minimum Gasteiger partial charge on any atom is -0.456 e. The second-order valence-electron chi connectivity index (χ2n) is 21.4. The van der Waals surface area contributed by atoms with E-state index in [2.05, 4.69) is 229 Å². The number of hydrogen-bond acceptors (Lipinski definition) is 2. The zero-order valence-electron chi connectivity index (χ0n) is 38.4. The van der Waals surface area contributed by atoms with E-state index in [9.17, 15) is 0 Å². The Bertz CT molecular complexity index is 3390. The molecule has 9 aromatic rings. The number of aromatic nitrogens is 1. The Morgan fingerprint density at radius 2 is 1.08 bits per heavy atom. The van der Waals surface area contributed by atoms with Crippen LogP contribution in [-0.2, 0) is 16.2 Å². The van der Waals surface area contributed by atoms with Crippen molar-refractivity contribution in [1.82, 2.24) is 4.48 Å². The third kappa shape index (κ3) is 5.60. The molecule has 3 aliphatic rings. The highest BCUT2D eigenvalue weighted by Crippen LogP contribution is 2.55. The normalized spacial score (nSPS) is 13.8. The average Bonchev–Trinajstić information content (AvgIpc) is 3.62. The van der Waals surface area contributed by atoms with Gasteiger partial charge in [-0.05, 0) is 109 Å². The van der Waals surface area contributed by atoms with Gasteiger partial charge in [0.05, 0.1) is 5.69 Å². The van der Waals surface area contributed by atoms with Crippen LogP contribution in [0.25, 0.3) is 66.3 Å². The molecule has 0 bridgehead atoms. The maximum atomic E-state index is 7.06. The number of hydrogen-bond donors (Lipinski definition) is 0. The molecule has 0 saturated carbocycles. The van der Waals surface area contributed by atoms with Crippen LogP contribution in [0.15, 0.2) is 158 Å². The Kier molecular flexibility index (Phi) is 8.12. The van der Waals surface area contributed by atoms with Crippen LogP contribution in [0.2, 0.25) is 0 Å². The highest BCUT2D eigenvalue weighted by molar-refractivity contribution is 6.90. The first-order valence-corrected chi connectivity index (χ1v) is 23.0. The molecular weight excluding hydrogens is 775 g/mol. The molecule has 0 unspecified atom stereocenters. The lowest BCUT2D eigenvalue weighted by molar-refractivity contribution is 0.487. The van der Waals surface area contributed by atoms with E-state index in [1.165, 1.54) is 94.4 Å². The van der Waals surface area contributed by atoms with Crippen molar-refractivity contribution in [2.45, 2.75) is 78.6 Å². The van der Waals surface area contributed by atoms with Crippen LogP contribution in [0.3, 0.4) is 0 Å². The monoisotopic (exact) mass is 828 g/mol. The fourth-order valence-electron chi connectivity index (χ4n) is 10.9. The predicted molar refractivity (Wildman–Crippen MR) is 272 cm³/mol. The van der Waals surface area contributed by atoms with Crippen LogP contribution in [0, 0.1) is 0 Å². The largest absolute Gasteiger partial charge is 0.456 e. The summed E-state index contributed by atoms with van der Waals surface area (Å²) in [6.45, 7) is 20.9. The summed E-state index contributed by atoms with van der Waals surface area (Å²) in [4.78, 5) is 2.61. The van der Waals surface area contributed by atoms with Gasteiger partial charge in [0, 0.05) is 55.4 Å². The van der Waals surface area contributed by atoms with Crippen molar-refractivity contribution in [3.8, 4) is 56.1 Å². The van der Waals surface area contributed by atoms with Gasteiger partial charge in [-0.2, -0.15) is 0 Å². The Morgan fingerprint density at radius 1 is 0.469 bits per heavy atom. The topological polar surface area (TPSA) is 17.4 Å². The Balaban J connectivity index is 1.31. The van der Waals surface area contributed by atoms with E-state index in [1.54, 1.807) is 0 Å². The molecule has 0 saturated heterocycles. The second-order valence-corrected chi connectivity index (χ2v) is 21.4. The summed E-state index contributed by atoms with van der Waals surface area (Å²) in [5.41, 5.74) is 21.1. The van der Waals surface area contributed by atoms with Crippen molar-refractivity contribution in [3.63, 3.8) is 0 Å². The van der Waals surface area contributed by atoms with Crippen LogP contribution < -0.4 is 20.6 Å². The van der Waals surface area contributed by atoms with Crippen LogP contribution in [0.5, 0.6) is 11.5 Å². The van der Waals surface area contributed by atoms with E-state index in [0.29, 0.717) is 0 Å². The maximum absolute atomic E-state index is 7.06. The molecular formula is C60H53BN2O. The third-order valence-electron chi connectivity index (χ3n) is 14.2. The van der Waals surface area contributed by atoms with E-state index < -0.39 is 0 Å². The Morgan fingerprint density at radius 3 is 1.77 bits per heavy atom. The predicted octanol–water partition coefficient (Wildman–Crippen LogP) is 15.2. The molecule has 0 amide bonds. The summed E-state index contributed by atoms with van der Waals surface area (Å²) in [6.07, 6.45) is 0. The molecule has 12 rings (SSSR count). The van der Waals surface area contributed by atoms with Crippen molar-refractivity contribution in [3.05, 3.63) is 174 Å². The van der Waals surface area contributed by atoms with Gasteiger partial charge in [-0.25, -0.2) is 0 Å². The van der Waals surface area contributed by atoms with Gasteiger partial charge >= 0.3 is 6.85 Å². The van der Waals surface area contributed by atoms with Gasteiger partial charge in [-0.3, -0.25) is 0 Å². The van der Waals surface area contributed by atoms with Gasteiger partial charge in [-0.1, -0.05) is 178 Å². The van der Waals surface area contributed by atoms with Crippen LogP contribution in [-0.4, -0.2) is 11.3 Å². The SMILES string of the molecule is CC(C)(C)c1ccc(N2c3cc(C(C)(C)C)cc4c3B(c3cc5c6c(cccc6c32)-c2ccccc2O5)n2c(-c3ccccc3)c(-c3ccccc3)c3cc(C(C)(C)C)cc-4c32)cc1. The van der Waals surface area contributed by atoms with Crippen LogP contribution in [0.1, 0.15) is 79.0 Å². The standard InChI is InChI=1S/C60H53BN2O/c1-58(2,3)38-27-29-41(30-28-38)62-49-34-40(60(7,8)9)31-45-46-32-39(59(4,5)6)33-47-52(36-19-12-10-13-20-36)55(37-21-14-11-15-22-37)63(56(46)47)61(54(45)49)48-35-51-53-43(24-18-25-44(53)57(48)62)42-23-16-17-26-50(42)64-51/h10-35H,1-9H3. The molecule has 312 valence electrons. The van der Waals surface area contributed by atoms with Crippen molar-refractivity contribution in [1.29, 1.82) is 0 Å². The van der Waals surface area contributed by atoms with Crippen LogP contribution >= 0.6 is 0 Å². The van der Waals surface area contributed by atoms with Gasteiger partial charge in [0.25, 0.3) is 0 Å². The lowest BCUT2D eigenvalue weighted by atomic mass is 9.44. The van der Waals surface area contributed by atoms with E-state index in [-0.39, 0.29) is 23.1 Å². The van der Waals surface area contributed by atoms with Gasteiger partial charge < -0.3 is 14.1 Å². The molecule has 0 spiro atoms. The molecule has 0 aliphatic carbocycles. The number of fused-ring (bicyclic) bond motifs is 7. The number of nitrogens with zero attached hydrogens (tertiary/aromatic N) is 2. The van der Waals surface area contributed by atoms with Crippen molar-refractivity contribution >= 4 is 56.5 Å². The molecule has 4 heterocycles. The van der Waals surface area contributed by atoms with E-state index in [4.69, 9.17) is 4.74 Å². The van der Waals surface area contributed by atoms with Gasteiger partial charge in [0.1, 0.15) is 11.5 Å². The summed E-state index contributed by atoms with van der Waals surface area (Å²) in [5, 5.41) is 3.63. The first kappa shape index (κ1) is 38.9. The molecule has 1 aromatic heterocycles. The fourth-order valence-corrected chi connectivity index (χ4v) is 10.9. The maximum Gasteiger partial charge on any atom is 0.333 e. The van der Waals surface area contributed by atoms with Gasteiger partial charge in [0.15, 0.2) is 0 Å². The molecule has 64 heavy (non-hydrogen) atoms. The molecule has 8 aromatic carbocycles. The number of ether oxygens (including phenoxy) is 1. The van der Waals surface area contributed by atoms with Crippen molar-refractivity contribution < 1.29 is 4.74 Å². The van der Waals surface area contributed by atoms with E-state index in [0.717, 1.165) is 28.1 Å². The highest BCUT2D eigenvalue weighted by Gasteiger charge is 2.46. The number of para-hydroxylation sites is 1. The molecule has 0 N–H and O–H groups in total. The molecule has 4 heteroatoms. The van der Waals surface area contributed by atoms with Crippen molar-refractivity contribution in [2.24, 2.45) is 0 Å². The van der Waals surface area contributed by atoms with Crippen LogP contribution in [0.4, 0.5) is 17.1 Å². The van der Waals surface area contributed by atoms with Gasteiger partial charge in [0.2, 0.25) is 0 Å². The van der Waals surface area contributed by atoms with E-state index >= 15 is 0 Å². The lowest BCUT2D eigenvalue weighted by Gasteiger charge is -2.43.